The number of nitrogens with zero attached hydrogens (tertiary/aromatic N) is 1. The molecule has 0 unspecified atom stereocenters. The second kappa shape index (κ2) is 16.3. The zero-order valence-electron chi connectivity index (χ0n) is 27.4. The Morgan fingerprint density at radius 1 is 0.882 bits per heavy atom. The number of carbonyl (C=O) groups excluding carboxylic acids is 3. The number of hydrogen-bond acceptors (Lipinski definition) is 14. The molecule has 0 atom stereocenters. The van der Waals surface area contributed by atoms with Crippen LogP contribution in [0.4, 0.5) is 10.5 Å². The average molecular weight is 744 g/mol. The van der Waals surface area contributed by atoms with Gasteiger partial charge in [0.2, 0.25) is 10.0 Å². The van der Waals surface area contributed by atoms with E-state index < -0.39 is 64.7 Å². The summed E-state index contributed by atoms with van der Waals surface area (Å²) in [6.07, 6.45) is 1.24. The molecule has 4 rings (SSSR count). The molecule has 18 heteroatoms. The predicted octanol–water partition coefficient (Wildman–Crippen LogP) is 1.36. The molecule has 2 aromatic rings. The van der Waals surface area contributed by atoms with Crippen molar-refractivity contribution in [2.45, 2.75) is 54.7 Å². The number of carboxylic acid groups (broad SMARTS) is 2. The summed E-state index contributed by atoms with van der Waals surface area (Å²) in [7, 11) is -8.82. The number of carbonyl (C=O) groups is 3. The molecule has 51 heavy (non-hydrogen) atoms. The van der Waals surface area contributed by atoms with Crippen molar-refractivity contribution in [3.63, 3.8) is 0 Å². The lowest BCUT2D eigenvalue weighted by Crippen LogP contribution is -2.34. The number of aromatic carboxylic acids is 1. The molecule has 1 heterocycles. The molecule has 274 valence electrons. The summed E-state index contributed by atoms with van der Waals surface area (Å²) in [4.78, 5) is 32.8. The van der Waals surface area contributed by atoms with E-state index in [0.717, 1.165) is 10.4 Å². The Labute approximate surface area is 293 Å². The lowest BCUT2D eigenvalue weighted by Gasteiger charge is -2.25. The summed E-state index contributed by atoms with van der Waals surface area (Å²) in [6, 6.07) is 10.4. The number of methoxy groups -OCH3 is 1. The van der Waals surface area contributed by atoms with Gasteiger partial charge in [-0.1, -0.05) is 37.1 Å². The van der Waals surface area contributed by atoms with Gasteiger partial charge in [0.05, 0.1) is 24.1 Å². The van der Waals surface area contributed by atoms with E-state index in [9.17, 15) is 46.0 Å². The molecule has 0 aromatic heterocycles. The topological polar surface area (TPSA) is 276 Å². The third-order valence-electron chi connectivity index (χ3n) is 8.09. The number of rotatable bonds is 17. The predicted molar refractivity (Wildman–Crippen MR) is 177 cm³/mol. The quantitative estimate of drug-likeness (QED) is 0.0597. The first-order chi connectivity index (χ1) is 24.1. The highest BCUT2D eigenvalue weighted by Gasteiger charge is 2.33. The normalized spacial score (nSPS) is 12.0. The SMILES string of the molecule is COC(=O)NCCCCCN(CCCCCC(=O)[O-])S(=O)(=O)c1c(N)ccc2c(-c3ccccc3C(=O)[O-])c3ccc(=N)c(S(=O)(=O)[O-])c-3oc12. The van der Waals surface area contributed by atoms with E-state index in [1.54, 1.807) is 0 Å². The van der Waals surface area contributed by atoms with Gasteiger partial charge in [0, 0.05) is 47.7 Å². The molecule has 1 aliphatic carbocycles. The number of aliphatic carboxylic acids is 1. The van der Waals surface area contributed by atoms with Crippen LogP contribution in [0.2, 0.25) is 0 Å². The van der Waals surface area contributed by atoms with Gasteiger partial charge in [0.15, 0.2) is 11.3 Å². The van der Waals surface area contributed by atoms with Gasteiger partial charge in [0.1, 0.15) is 19.9 Å². The maximum atomic E-state index is 14.6. The number of anilines is 1. The number of amides is 1. The Morgan fingerprint density at radius 3 is 2.18 bits per heavy atom. The zero-order valence-corrected chi connectivity index (χ0v) is 29.1. The number of benzene rings is 3. The van der Waals surface area contributed by atoms with Crippen LogP contribution in [0.1, 0.15) is 55.3 Å². The highest BCUT2D eigenvalue weighted by molar-refractivity contribution is 7.89. The summed E-state index contributed by atoms with van der Waals surface area (Å²) in [5.74, 6) is -3.53. The minimum Gasteiger partial charge on any atom is -0.744 e. The van der Waals surface area contributed by atoms with Crippen molar-refractivity contribution in [3.05, 3.63) is 59.5 Å². The molecule has 0 radical (unpaired) electrons. The Kier molecular flexibility index (Phi) is 12.4. The van der Waals surface area contributed by atoms with Gasteiger partial charge in [-0.15, -0.1) is 0 Å². The molecule has 1 aliphatic heterocycles. The Morgan fingerprint density at radius 2 is 1.55 bits per heavy atom. The van der Waals surface area contributed by atoms with Crippen LogP contribution in [-0.4, -0.2) is 70.5 Å². The van der Waals surface area contributed by atoms with Crippen molar-refractivity contribution < 1.29 is 55.1 Å². The number of nitrogens with one attached hydrogen (secondary N) is 2. The second-order valence-electron chi connectivity index (χ2n) is 11.5. The third-order valence-corrected chi connectivity index (χ3v) is 11.0. The molecular formula is C33H35N4O12S2-3. The van der Waals surface area contributed by atoms with Crippen molar-refractivity contribution in [1.29, 1.82) is 5.41 Å². The van der Waals surface area contributed by atoms with E-state index in [-0.39, 0.29) is 72.2 Å². The van der Waals surface area contributed by atoms with Gasteiger partial charge < -0.3 is 44.6 Å². The van der Waals surface area contributed by atoms with Crippen LogP contribution >= 0.6 is 0 Å². The summed E-state index contributed by atoms with van der Waals surface area (Å²) in [5.41, 5.74) is 5.03. The fourth-order valence-electron chi connectivity index (χ4n) is 5.74. The molecule has 0 saturated heterocycles. The number of carboxylic acids is 2. The van der Waals surface area contributed by atoms with Crippen LogP contribution in [0.25, 0.3) is 33.4 Å². The Bertz CT molecular complexity index is 2200. The second-order valence-corrected chi connectivity index (χ2v) is 14.7. The highest BCUT2D eigenvalue weighted by Crippen LogP contribution is 2.46. The number of fused-ring (bicyclic) bond motifs is 2. The van der Waals surface area contributed by atoms with Gasteiger partial charge in [-0.2, -0.15) is 4.31 Å². The maximum Gasteiger partial charge on any atom is 0.406 e. The lowest BCUT2D eigenvalue weighted by molar-refractivity contribution is -0.305. The van der Waals surface area contributed by atoms with Gasteiger partial charge in [-0.25, -0.2) is 21.6 Å². The standard InChI is InChI=1S/C33H38N4O12S2/c1-48-33(42)36-17-7-3-9-19-37(18-8-2-4-12-26(38)39)50(43,44)30-24(34)15-13-22-27(20-10-5-6-11-21(20)32(40)41)23-14-16-25(35)31(51(45,46)47)29(23)49-28(22)30/h5-6,10-11,13-16,35H,2-4,7-9,12,17-19,34H2,1H3,(H,36,42)(H,38,39)(H,40,41)(H,45,46,47)/p-3. The Balaban J connectivity index is 1.95. The number of sulfonamides is 1. The van der Waals surface area contributed by atoms with Gasteiger partial charge in [-0.3, -0.25) is 5.41 Å². The molecule has 4 N–H and O–H groups in total. The van der Waals surface area contributed by atoms with Crippen LogP contribution in [0.15, 0.2) is 62.7 Å². The van der Waals surface area contributed by atoms with Crippen molar-refractivity contribution >= 4 is 54.8 Å². The first-order valence-corrected chi connectivity index (χ1v) is 18.6. The van der Waals surface area contributed by atoms with Crippen molar-refractivity contribution in [2.24, 2.45) is 0 Å². The Hall–Kier alpha value is -5.04. The monoisotopic (exact) mass is 743 g/mol. The van der Waals surface area contributed by atoms with Crippen molar-refractivity contribution in [1.82, 2.24) is 9.62 Å². The molecule has 0 saturated carbocycles. The fraction of sp³-hybridized carbons (Fsp3) is 0.333. The first-order valence-electron chi connectivity index (χ1n) is 15.7. The molecule has 0 bridgehead atoms. The van der Waals surface area contributed by atoms with Crippen molar-refractivity contribution in [2.75, 3.05) is 32.5 Å². The van der Waals surface area contributed by atoms with E-state index in [1.807, 2.05) is 0 Å². The summed E-state index contributed by atoms with van der Waals surface area (Å²) in [5, 5.41) is 33.1. The van der Waals surface area contributed by atoms with E-state index in [0.29, 0.717) is 25.7 Å². The lowest BCUT2D eigenvalue weighted by atomic mass is 9.90. The number of unbranched alkanes of at least 4 members (excludes halogenated alkanes) is 4. The number of nitrogen functional groups attached to an aromatic ring is 1. The minimum absolute atomic E-state index is 0.00116. The molecule has 0 spiro atoms. The van der Waals surface area contributed by atoms with Crippen molar-refractivity contribution in [3.8, 4) is 22.5 Å². The van der Waals surface area contributed by atoms with E-state index in [4.69, 9.17) is 15.6 Å². The summed E-state index contributed by atoms with van der Waals surface area (Å²) >= 11 is 0. The third kappa shape index (κ3) is 8.83. The number of alkyl carbamates (subject to hydrolysis) is 1. The minimum atomic E-state index is -5.41. The molecule has 2 aliphatic rings. The molecule has 16 nitrogen and oxygen atoms in total. The van der Waals surface area contributed by atoms with Crippen LogP contribution in [-0.2, 0) is 29.7 Å². The summed E-state index contributed by atoms with van der Waals surface area (Å²) in [6.45, 7) is 0.127. The molecular weight excluding hydrogens is 709 g/mol. The van der Waals surface area contributed by atoms with Crippen LogP contribution in [0.5, 0.6) is 0 Å². The molecule has 2 aromatic carbocycles. The largest absolute Gasteiger partial charge is 0.744 e. The number of ether oxygens (including phenoxy) is 1. The smallest absolute Gasteiger partial charge is 0.406 e. The first kappa shape index (κ1) is 38.8. The summed E-state index contributed by atoms with van der Waals surface area (Å²) < 4.78 is 78.3. The zero-order chi connectivity index (χ0) is 37.5. The molecule has 1 amide bonds. The number of hydrogen-bond donors (Lipinski definition) is 3. The van der Waals surface area contributed by atoms with Crippen LogP contribution in [0.3, 0.4) is 0 Å². The van der Waals surface area contributed by atoms with E-state index >= 15 is 0 Å². The van der Waals surface area contributed by atoms with Crippen LogP contribution in [0, 0.1) is 5.41 Å². The van der Waals surface area contributed by atoms with Crippen LogP contribution < -0.4 is 26.6 Å². The average Bonchev–Trinajstić information content (AvgIpc) is 3.06. The van der Waals surface area contributed by atoms with Gasteiger partial charge in [0.25, 0.3) is 0 Å². The fourth-order valence-corrected chi connectivity index (χ4v) is 8.20. The van der Waals surface area contributed by atoms with Gasteiger partial charge in [-0.05, 0) is 61.9 Å². The molecule has 0 fully saturated rings. The van der Waals surface area contributed by atoms with Gasteiger partial charge >= 0.3 is 6.09 Å². The number of nitrogens with two attached hydrogens (primary N) is 1. The van der Waals surface area contributed by atoms with E-state index in [2.05, 4.69) is 10.1 Å². The van der Waals surface area contributed by atoms with E-state index in [1.165, 1.54) is 49.6 Å². The maximum absolute atomic E-state index is 14.6. The highest BCUT2D eigenvalue weighted by atomic mass is 32.2.